The first-order valence-corrected chi connectivity index (χ1v) is 6.89. The van der Waals surface area contributed by atoms with Crippen LogP contribution < -0.4 is 5.73 Å². The smallest absolute Gasteiger partial charge is 0.134 e. The molecule has 1 aliphatic carbocycles. The standard InChI is InChI=1S/C16H21NO/c1-11-12(2)18-15-10-13(6-7-14(11)15)16(17)8-4-3-5-9-16/h6-7,10H,3-5,8-9,17H2,1-2H3. The molecule has 96 valence electrons. The van der Waals surface area contributed by atoms with Crippen molar-refractivity contribution in [1.82, 2.24) is 0 Å². The lowest BCUT2D eigenvalue weighted by atomic mass is 9.77. The van der Waals surface area contributed by atoms with E-state index in [0.717, 1.165) is 24.2 Å². The zero-order valence-corrected chi connectivity index (χ0v) is 11.3. The number of hydrogen-bond acceptors (Lipinski definition) is 2. The fourth-order valence-corrected chi connectivity index (χ4v) is 3.13. The van der Waals surface area contributed by atoms with Gasteiger partial charge in [0.25, 0.3) is 0 Å². The summed E-state index contributed by atoms with van der Waals surface area (Å²) >= 11 is 0. The zero-order chi connectivity index (χ0) is 12.8. The highest BCUT2D eigenvalue weighted by molar-refractivity contribution is 5.82. The van der Waals surface area contributed by atoms with E-state index in [1.165, 1.54) is 35.8 Å². The first-order valence-electron chi connectivity index (χ1n) is 6.89. The molecule has 18 heavy (non-hydrogen) atoms. The first-order chi connectivity index (χ1) is 8.60. The Hall–Kier alpha value is -1.28. The Kier molecular flexibility index (Phi) is 2.70. The third-order valence-electron chi connectivity index (χ3n) is 4.50. The number of nitrogens with two attached hydrogens (primary N) is 1. The van der Waals surface area contributed by atoms with Crippen LogP contribution in [0.4, 0.5) is 0 Å². The van der Waals surface area contributed by atoms with Crippen molar-refractivity contribution in [3.63, 3.8) is 0 Å². The van der Waals surface area contributed by atoms with E-state index in [0.29, 0.717) is 0 Å². The second-order valence-corrected chi connectivity index (χ2v) is 5.71. The molecule has 0 amide bonds. The van der Waals surface area contributed by atoms with Gasteiger partial charge in [0.15, 0.2) is 0 Å². The molecule has 0 unspecified atom stereocenters. The van der Waals surface area contributed by atoms with Gasteiger partial charge >= 0.3 is 0 Å². The van der Waals surface area contributed by atoms with E-state index >= 15 is 0 Å². The van der Waals surface area contributed by atoms with Gasteiger partial charge in [-0.05, 0) is 43.9 Å². The molecule has 2 nitrogen and oxygen atoms in total. The van der Waals surface area contributed by atoms with Crippen molar-refractivity contribution < 1.29 is 4.42 Å². The molecule has 0 bridgehead atoms. The number of hydrogen-bond donors (Lipinski definition) is 1. The number of fused-ring (bicyclic) bond motifs is 1. The van der Waals surface area contributed by atoms with E-state index in [-0.39, 0.29) is 5.54 Å². The molecular formula is C16H21NO. The Balaban J connectivity index is 2.07. The second-order valence-electron chi connectivity index (χ2n) is 5.71. The molecule has 1 heterocycles. The third kappa shape index (κ3) is 1.76. The summed E-state index contributed by atoms with van der Waals surface area (Å²) in [6, 6.07) is 6.51. The quantitative estimate of drug-likeness (QED) is 0.816. The van der Waals surface area contributed by atoms with Gasteiger partial charge in [0.05, 0.1) is 0 Å². The van der Waals surface area contributed by atoms with Crippen LogP contribution in [0.3, 0.4) is 0 Å². The molecule has 2 N–H and O–H groups in total. The van der Waals surface area contributed by atoms with Crippen LogP contribution in [0.1, 0.15) is 49.0 Å². The van der Waals surface area contributed by atoms with E-state index < -0.39 is 0 Å². The fraction of sp³-hybridized carbons (Fsp3) is 0.500. The highest BCUT2D eigenvalue weighted by Crippen LogP contribution is 2.37. The van der Waals surface area contributed by atoms with Crippen LogP contribution in [0.5, 0.6) is 0 Å². The van der Waals surface area contributed by atoms with Crippen LogP contribution in [0, 0.1) is 13.8 Å². The average molecular weight is 243 g/mol. The molecule has 3 rings (SSSR count). The van der Waals surface area contributed by atoms with Crippen molar-refractivity contribution in [2.24, 2.45) is 5.73 Å². The van der Waals surface area contributed by atoms with Crippen LogP contribution in [0.25, 0.3) is 11.0 Å². The second kappa shape index (κ2) is 4.13. The SMILES string of the molecule is Cc1oc2cc(C3(N)CCCCC3)ccc2c1C. The number of rotatable bonds is 1. The summed E-state index contributed by atoms with van der Waals surface area (Å²) in [4.78, 5) is 0. The van der Waals surface area contributed by atoms with E-state index in [4.69, 9.17) is 10.2 Å². The first kappa shape index (κ1) is 11.8. The van der Waals surface area contributed by atoms with Crippen LogP contribution in [0.2, 0.25) is 0 Å². The van der Waals surface area contributed by atoms with E-state index in [1.807, 2.05) is 6.92 Å². The minimum Gasteiger partial charge on any atom is -0.461 e. The van der Waals surface area contributed by atoms with Crippen LogP contribution in [-0.4, -0.2) is 0 Å². The molecule has 2 aromatic rings. The summed E-state index contributed by atoms with van der Waals surface area (Å²) in [6.45, 7) is 4.13. The molecule has 1 aromatic carbocycles. The van der Waals surface area contributed by atoms with Crippen molar-refractivity contribution in [2.75, 3.05) is 0 Å². The maximum atomic E-state index is 6.57. The third-order valence-corrected chi connectivity index (χ3v) is 4.50. The van der Waals surface area contributed by atoms with E-state index in [2.05, 4.69) is 25.1 Å². The van der Waals surface area contributed by atoms with Crippen LogP contribution in [-0.2, 0) is 5.54 Å². The Morgan fingerprint density at radius 1 is 1.11 bits per heavy atom. The Morgan fingerprint density at radius 2 is 1.83 bits per heavy atom. The van der Waals surface area contributed by atoms with Crippen molar-refractivity contribution >= 4 is 11.0 Å². The normalized spacial score (nSPS) is 19.3. The van der Waals surface area contributed by atoms with Gasteiger partial charge in [-0.2, -0.15) is 0 Å². The van der Waals surface area contributed by atoms with Gasteiger partial charge in [-0.25, -0.2) is 0 Å². The minimum atomic E-state index is -0.138. The molecule has 0 saturated heterocycles. The van der Waals surface area contributed by atoms with Gasteiger partial charge in [0, 0.05) is 10.9 Å². The fourth-order valence-electron chi connectivity index (χ4n) is 3.13. The lowest BCUT2D eigenvalue weighted by molar-refractivity contribution is 0.302. The Bertz CT molecular complexity index is 576. The maximum absolute atomic E-state index is 6.57. The van der Waals surface area contributed by atoms with Crippen molar-refractivity contribution in [3.8, 4) is 0 Å². The number of furan rings is 1. The van der Waals surface area contributed by atoms with Gasteiger partial charge < -0.3 is 10.2 Å². The lowest BCUT2D eigenvalue weighted by Crippen LogP contribution is -2.38. The summed E-state index contributed by atoms with van der Waals surface area (Å²) in [5.74, 6) is 1.01. The van der Waals surface area contributed by atoms with Gasteiger partial charge in [0.1, 0.15) is 11.3 Å². The molecule has 1 aliphatic rings. The highest BCUT2D eigenvalue weighted by atomic mass is 16.3. The minimum absolute atomic E-state index is 0.138. The molecular weight excluding hydrogens is 222 g/mol. The summed E-state index contributed by atoms with van der Waals surface area (Å²) in [5.41, 5.74) is 9.90. The summed E-state index contributed by atoms with van der Waals surface area (Å²) in [6.07, 6.45) is 5.99. The average Bonchev–Trinajstić information content (AvgIpc) is 2.66. The Labute approximate surface area is 108 Å². The lowest BCUT2D eigenvalue weighted by Gasteiger charge is -2.33. The summed E-state index contributed by atoms with van der Waals surface area (Å²) in [7, 11) is 0. The number of aryl methyl sites for hydroxylation is 2. The predicted octanol–water partition coefficient (Wildman–Crippen LogP) is 4.17. The molecule has 1 fully saturated rings. The molecule has 0 atom stereocenters. The van der Waals surface area contributed by atoms with Gasteiger partial charge in [0.2, 0.25) is 0 Å². The van der Waals surface area contributed by atoms with Gasteiger partial charge in [-0.3, -0.25) is 0 Å². The topological polar surface area (TPSA) is 39.2 Å². The summed E-state index contributed by atoms with van der Waals surface area (Å²) < 4.78 is 5.82. The molecule has 2 heteroatoms. The molecule has 0 spiro atoms. The van der Waals surface area contributed by atoms with E-state index in [1.54, 1.807) is 0 Å². The van der Waals surface area contributed by atoms with E-state index in [9.17, 15) is 0 Å². The highest BCUT2D eigenvalue weighted by Gasteiger charge is 2.29. The number of benzene rings is 1. The largest absolute Gasteiger partial charge is 0.461 e. The molecule has 0 radical (unpaired) electrons. The molecule has 1 aromatic heterocycles. The van der Waals surface area contributed by atoms with Crippen molar-refractivity contribution in [3.05, 3.63) is 35.1 Å². The molecule has 1 saturated carbocycles. The van der Waals surface area contributed by atoms with Crippen molar-refractivity contribution in [1.29, 1.82) is 0 Å². The van der Waals surface area contributed by atoms with Crippen LogP contribution >= 0.6 is 0 Å². The van der Waals surface area contributed by atoms with Gasteiger partial charge in [-0.15, -0.1) is 0 Å². The van der Waals surface area contributed by atoms with Crippen molar-refractivity contribution in [2.45, 2.75) is 51.5 Å². The Morgan fingerprint density at radius 3 is 2.56 bits per heavy atom. The van der Waals surface area contributed by atoms with Gasteiger partial charge in [-0.1, -0.05) is 31.4 Å². The zero-order valence-electron chi connectivity index (χ0n) is 11.3. The summed E-state index contributed by atoms with van der Waals surface area (Å²) in [5, 5.41) is 1.22. The maximum Gasteiger partial charge on any atom is 0.134 e. The monoisotopic (exact) mass is 243 g/mol. The predicted molar refractivity (Wildman–Crippen MR) is 74.6 cm³/mol. The van der Waals surface area contributed by atoms with Crippen LogP contribution in [0.15, 0.2) is 22.6 Å². The molecule has 0 aliphatic heterocycles.